The number of benzene rings is 2. The Morgan fingerprint density at radius 1 is 1.12 bits per heavy atom. The highest BCUT2D eigenvalue weighted by molar-refractivity contribution is 7.99. The average Bonchev–Trinajstić information content (AvgIpc) is 3.57. The maximum atomic E-state index is 13.6. The molecule has 2 aromatic heterocycles. The lowest BCUT2D eigenvalue weighted by atomic mass is 10.1. The second-order valence-electron chi connectivity index (χ2n) is 8.04. The van der Waals surface area contributed by atoms with Gasteiger partial charge in [-0.3, -0.25) is 14.2 Å². The van der Waals surface area contributed by atoms with Crippen LogP contribution in [0.1, 0.15) is 29.9 Å². The summed E-state index contributed by atoms with van der Waals surface area (Å²) in [7, 11) is 1.80. The highest BCUT2D eigenvalue weighted by Gasteiger charge is 2.29. The second-order valence-corrected chi connectivity index (χ2v) is 9.84. The van der Waals surface area contributed by atoms with Gasteiger partial charge in [0.05, 0.1) is 16.8 Å². The summed E-state index contributed by atoms with van der Waals surface area (Å²) < 4.78 is 1.66. The molecular weight excluding hydrogens is 438 g/mol. The largest absolute Gasteiger partial charge is 0.341 e. The van der Waals surface area contributed by atoms with Crippen molar-refractivity contribution < 1.29 is 4.79 Å². The molecule has 1 fully saturated rings. The van der Waals surface area contributed by atoms with Crippen LogP contribution in [0.5, 0.6) is 0 Å². The van der Waals surface area contributed by atoms with Gasteiger partial charge in [-0.2, -0.15) is 0 Å². The van der Waals surface area contributed by atoms with Crippen LogP contribution in [0.3, 0.4) is 0 Å². The smallest absolute Gasteiger partial charge is 0.267 e. The minimum Gasteiger partial charge on any atom is -0.341 e. The van der Waals surface area contributed by atoms with Crippen molar-refractivity contribution in [3.63, 3.8) is 0 Å². The van der Waals surface area contributed by atoms with Gasteiger partial charge < -0.3 is 4.90 Å². The summed E-state index contributed by atoms with van der Waals surface area (Å²) in [5, 5.41) is 3.37. The van der Waals surface area contributed by atoms with Crippen molar-refractivity contribution in [1.82, 2.24) is 14.5 Å². The van der Waals surface area contributed by atoms with Crippen molar-refractivity contribution in [3.8, 4) is 5.69 Å². The van der Waals surface area contributed by atoms with Gasteiger partial charge in [-0.25, -0.2) is 4.98 Å². The molecule has 4 aromatic rings. The van der Waals surface area contributed by atoms with Gasteiger partial charge >= 0.3 is 0 Å². The molecular formula is C25H23N3O2S2. The van der Waals surface area contributed by atoms with Crippen LogP contribution in [-0.4, -0.2) is 33.2 Å². The molecule has 32 heavy (non-hydrogen) atoms. The molecule has 5 nitrogen and oxygen atoms in total. The molecule has 0 radical (unpaired) electrons. The Morgan fingerprint density at radius 3 is 2.50 bits per heavy atom. The predicted octanol–water partition coefficient (Wildman–Crippen LogP) is 5.08. The molecule has 1 amide bonds. The number of aromatic nitrogens is 2. The molecule has 0 atom stereocenters. The van der Waals surface area contributed by atoms with Gasteiger partial charge in [-0.05, 0) is 47.4 Å². The molecule has 1 aliphatic carbocycles. The van der Waals surface area contributed by atoms with Crippen LogP contribution in [0.25, 0.3) is 15.9 Å². The van der Waals surface area contributed by atoms with E-state index in [1.54, 1.807) is 16.5 Å². The normalized spacial score (nSPS) is 13.4. The summed E-state index contributed by atoms with van der Waals surface area (Å²) >= 11 is 2.84. The fourth-order valence-electron chi connectivity index (χ4n) is 3.77. The van der Waals surface area contributed by atoms with E-state index in [1.165, 1.54) is 23.1 Å². The maximum Gasteiger partial charge on any atom is 0.267 e. The Bertz CT molecular complexity index is 1310. The number of para-hydroxylation sites is 1. The summed E-state index contributed by atoms with van der Waals surface area (Å²) in [6.45, 7) is 0.549. The van der Waals surface area contributed by atoms with E-state index < -0.39 is 0 Å². The number of hydrogen-bond donors (Lipinski definition) is 0. The summed E-state index contributed by atoms with van der Waals surface area (Å²) in [6.07, 6.45) is 2.27. The molecule has 0 unspecified atom stereocenters. The van der Waals surface area contributed by atoms with Crippen molar-refractivity contribution in [2.24, 2.45) is 0 Å². The molecule has 7 heteroatoms. The van der Waals surface area contributed by atoms with E-state index in [2.05, 4.69) is 5.38 Å². The zero-order chi connectivity index (χ0) is 22.1. The number of carbonyl (C=O) groups excluding carboxylic acids is 1. The number of thioether (sulfide) groups is 1. The number of carbonyl (C=O) groups is 1. The van der Waals surface area contributed by atoms with Crippen LogP contribution in [-0.2, 0) is 11.3 Å². The van der Waals surface area contributed by atoms with Gasteiger partial charge in [-0.1, -0.05) is 60.3 Å². The number of hydrogen-bond acceptors (Lipinski definition) is 5. The van der Waals surface area contributed by atoms with Crippen molar-refractivity contribution in [1.29, 1.82) is 0 Å². The Hall–Kier alpha value is -2.90. The zero-order valence-electron chi connectivity index (χ0n) is 17.7. The van der Waals surface area contributed by atoms with Gasteiger partial charge in [0.15, 0.2) is 5.16 Å². The summed E-state index contributed by atoms with van der Waals surface area (Å²) in [6, 6.07) is 19.5. The Labute approximate surface area is 194 Å². The highest BCUT2D eigenvalue weighted by atomic mass is 32.2. The molecule has 1 aliphatic rings. The fraction of sp³-hybridized carbons (Fsp3) is 0.240. The summed E-state index contributed by atoms with van der Waals surface area (Å²) in [5.74, 6) is 0.696. The van der Waals surface area contributed by atoms with Crippen LogP contribution in [0, 0.1) is 0 Å². The molecule has 5 rings (SSSR count). The third-order valence-electron chi connectivity index (χ3n) is 5.65. The minimum absolute atomic E-state index is 0.00217. The van der Waals surface area contributed by atoms with Crippen molar-refractivity contribution in [2.45, 2.75) is 30.5 Å². The predicted molar refractivity (Wildman–Crippen MR) is 131 cm³/mol. The number of rotatable bonds is 7. The molecule has 162 valence electrons. The van der Waals surface area contributed by atoms with Crippen molar-refractivity contribution >= 4 is 39.2 Å². The lowest BCUT2D eigenvalue weighted by Crippen LogP contribution is -2.28. The molecule has 0 saturated heterocycles. The van der Waals surface area contributed by atoms with E-state index in [4.69, 9.17) is 4.98 Å². The van der Waals surface area contributed by atoms with E-state index in [9.17, 15) is 9.59 Å². The molecule has 0 spiro atoms. The Morgan fingerprint density at radius 2 is 1.81 bits per heavy atom. The quantitative estimate of drug-likeness (QED) is 0.285. The van der Waals surface area contributed by atoms with E-state index in [1.807, 2.05) is 60.7 Å². The number of nitrogens with zero attached hydrogens (tertiary/aromatic N) is 3. The first-order valence-electron chi connectivity index (χ1n) is 10.6. The zero-order valence-corrected chi connectivity index (χ0v) is 19.4. The van der Waals surface area contributed by atoms with Crippen LogP contribution >= 0.6 is 23.1 Å². The summed E-state index contributed by atoms with van der Waals surface area (Å²) in [4.78, 5) is 33.7. The standard InChI is InChI=1S/C25H23N3O2S2/c1-27(14-17-8-4-2-5-9-17)21(29)16-32-25-26-23-22(20(15-31-23)18-12-13-18)24(30)28(25)19-10-6-3-7-11-19/h2-11,15,18H,12-14,16H2,1H3. The lowest BCUT2D eigenvalue weighted by molar-refractivity contribution is -0.127. The monoisotopic (exact) mass is 461 g/mol. The molecule has 0 bridgehead atoms. The molecule has 2 heterocycles. The van der Waals surface area contributed by atoms with Gasteiger partial charge in [0, 0.05) is 13.6 Å². The minimum atomic E-state index is -0.0445. The highest BCUT2D eigenvalue weighted by Crippen LogP contribution is 2.44. The van der Waals surface area contributed by atoms with E-state index >= 15 is 0 Å². The SMILES string of the molecule is CN(Cc1ccccc1)C(=O)CSc1nc2scc(C3CC3)c2c(=O)n1-c1ccccc1. The maximum absolute atomic E-state index is 13.6. The third kappa shape index (κ3) is 4.23. The van der Waals surface area contributed by atoms with Crippen LogP contribution in [0.15, 0.2) is 76.0 Å². The van der Waals surface area contributed by atoms with Gasteiger partial charge in [0.25, 0.3) is 5.56 Å². The first-order chi connectivity index (χ1) is 15.6. The van der Waals surface area contributed by atoms with Gasteiger partial charge in [-0.15, -0.1) is 11.3 Å². The van der Waals surface area contributed by atoms with E-state index in [0.717, 1.165) is 39.9 Å². The molecule has 2 aromatic carbocycles. The fourth-order valence-corrected chi connectivity index (χ4v) is 5.79. The second kappa shape index (κ2) is 8.92. The third-order valence-corrected chi connectivity index (χ3v) is 7.46. The van der Waals surface area contributed by atoms with Gasteiger partial charge in [0.1, 0.15) is 4.83 Å². The van der Waals surface area contributed by atoms with Crippen molar-refractivity contribution in [2.75, 3.05) is 12.8 Å². The number of thiophene rings is 1. The topological polar surface area (TPSA) is 55.2 Å². The molecule has 0 N–H and O–H groups in total. The van der Waals surface area contributed by atoms with Crippen molar-refractivity contribution in [3.05, 3.63) is 87.5 Å². The van der Waals surface area contributed by atoms with Crippen LogP contribution in [0.2, 0.25) is 0 Å². The Balaban J connectivity index is 1.45. The van der Waals surface area contributed by atoms with Crippen LogP contribution < -0.4 is 5.56 Å². The summed E-state index contributed by atoms with van der Waals surface area (Å²) in [5.41, 5.74) is 2.94. The average molecular weight is 462 g/mol. The lowest BCUT2D eigenvalue weighted by Gasteiger charge is -2.18. The first kappa shape index (κ1) is 21.0. The van der Waals surface area contributed by atoms with E-state index in [0.29, 0.717) is 17.6 Å². The van der Waals surface area contributed by atoms with E-state index in [-0.39, 0.29) is 17.2 Å². The van der Waals surface area contributed by atoms with Gasteiger partial charge in [0.2, 0.25) is 5.91 Å². The number of fused-ring (bicyclic) bond motifs is 1. The van der Waals surface area contributed by atoms with Crippen LogP contribution in [0.4, 0.5) is 0 Å². The first-order valence-corrected chi connectivity index (χ1v) is 12.5. The Kier molecular flexibility index (Phi) is 5.85. The number of amides is 1. The molecule has 1 saturated carbocycles. The molecule has 0 aliphatic heterocycles.